The fourth-order valence-electron chi connectivity index (χ4n) is 3.72. The van der Waals surface area contributed by atoms with E-state index in [4.69, 9.17) is 0 Å². The van der Waals surface area contributed by atoms with Crippen molar-refractivity contribution in [2.24, 2.45) is 0 Å². The van der Waals surface area contributed by atoms with Gasteiger partial charge in [0.25, 0.3) is 5.91 Å². The Bertz CT molecular complexity index is 905. The van der Waals surface area contributed by atoms with Crippen LogP contribution in [0.25, 0.3) is 10.2 Å². The van der Waals surface area contributed by atoms with Crippen molar-refractivity contribution in [2.45, 2.75) is 26.3 Å². The maximum atomic E-state index is 12.8. The summed E-state index contributed by atoms with van der Waals surface area (Å²) in [6.07, 6.45) is 2.56. The molecule has 4 rings (SSSR count). The van der Waals surface area contributed by atoms with Gasteiger partial charge in [-0.1, -0.05) is 24.3 Å². The second-order valence-corrected chi connectivity index (χ2v) is 7.96. The number of benzene rings is 1. The van der Waals surface area contributed by atoms with Gasteiger partial charge in [0, 0.05) is 19.6 Å². The number of carbonyl (C=O) groups excluding carboxylic acids is 1. The van der Waals surface area contributed by atoms with Gasteiger partial charge >= 0.3 is 0 Å². The Morgan fingerprint density at radius 1 is 1.19 bits per heavy atom. The number of hydrogen-bond donors (Lipinski definition) is 1. The summed E-state index contributed by atoms with van der Waals surface area (Å²) in [5, 5.41) is 5.21. The standard InChI is InChI=1S/C21H25N3OS/c1-16-6-2-3-7-17(16)15-24-18-8-13-26-20(18)14-19(24)21(25)22-9-12-23-10-4-5-11-23/h2-3,6-8,13-14H,4-5,9-12,15H2,1H3,(H,22,25). The lowest BCUT2D eigenvalue weighted by Gasteiger charge is -2.16. The molecule has 4 nitrogen and oxygen atoms in total. The maximum Gasteiger partial charge on any atom is 0.268 e. The van der Waals surface area contributed by atoms with Crippen molar-refractivity contribution in [2.75, 3.05) is 26.2 Å². The molecule has 1 saturated heterocycles. The lowest BCUT2D eigenvalue weighted by molar-refractivity contribution is 0.0941. The summed E-state index contributed by atoms with van der Waals surface area (Å²) in [5.41, 5.74) is 4.41. The number of nitrogens with one attached hydrogen (secondary N) is 1. The molecule has 1 aromatic carbocycles. The molecule has 0 atom stereocenters. The minimum atomic E-state index is 0.0289. The molecule has 3 aromatic rings. The number of carbonyl (C=O) groups is 1. The van der Waals surface area contributed by atoms with Crippen molar-refractivity contribution in [1.82, 2.24) is 14.8 Å². The summed E-state index contributed by atoms with van der Waals surface area (Å²) >= 11 is 1.69. The number of amides is 1. The average Bonchev–Trinajstić information content (AvgIpc) is 3.35. The quantitative estimate of drug-likeness (QED) is 0.718. The molecule has 1 fully saturated rings. The number of fused-ring (bicyclic) bond motifs is 1. The van der Waals surface area contributed by atoms with Crippen molar-refractivity contribution in [3.63, 3.8) is 0 Å². The lowest BCUT2D eigenvalue weighted by atomic mass is 10.1. The summed E-state index contributed by atoms with van der Waals surface area (Å²) in [4.78, 5) is 15.3. The highest BCUT2D eigenvalue weighted by Crippen LogP contribution is 2.26. The molecule has 0 spiro atoms. The van der Waals surface area contributed by atoms with Crippen molar-refractivity contribution >= 4 is 27.5 Å². The number of aryl methyl sites for hydroxylation is 1. The zero-order chi connectivity index (χ0) is 17.9. The van der Waals surface area contributed by atoms with Gasteiger partial charge in [-0.3, -0.25) is 4.79 Å². The third kappa shape index (κ3) is 3.55. The van der Waals surface area contributed by atoms with E-state index in [9.17, 15) is 4.79 Å². The minimum absolute atomic E-state index is 0.0289. The van der Waals surface area contributed by atoms with Gasteiger partial charge in [0.05, 0.1) is 10.2 Å². The fourth-order valence-corrected chi connectivity index (χ4v) is 4.54. The van der Waals surface area contributed by atoms with E-state index in [1.807, 2.05) is 6.07 Å². The molecule has 3 heterocycles. The third-order valence-corrected chi connectivity index (χ3v) is 6.11. The van der Waals surface area contributed by atoms with E-state index < -0.39 is 0 Å². The Labute approximate surface area is 158 Å². The van der Waals surface area contributed by atoms with Crippen molar-refractivity contribution in [3.05, 3.63) is 58.6 Å². The Morgan fingerprint density at radius 3 is 2.81 bits per heavy atom. The molecule has 5 heteroatoms. The van der Waals surface area contributed by atoms with Crippen LogP contribution in [0.5, 0.6) is 0 Å². The predicted molar refractivity (Wildman–Crippen MR) is 108 cm³/mol. The fraction of sp³-hybridized carbons (Fsp3) is 0.381. The average molecular weight is 368 g/mol. The lowest BCUT2D eigenvalue weighted by Crippen LogP contribution is -2.34. The molecule has 1 aliphatic heterocycles. The molecule has 0 saturated carbocycles. The molecule has 1 aliphatic rings. The minimum Gasteiger partial charge on any atom is -0.349 e. The summed E-state index contributed by atoms with van der Waals surface area (Å²) in [7, 11) is 0. The van der Waals surface area contributed by atoms with E-state index in [2.05, 4.69) is 57.4 Å². The normalized spacial score (nSPS) is 15.0. The van der Waals surface area contributed by atoms with Crippen molar-refractivity contribution in [1.29, 1.82) is 0 Å². The molecule has 26 heavy (non-hydrogen) atoms. The second-order valence-electron chi connectivity index (χ2n) is 7.02. The SMILES string of the molecule is Cc1ccccc1Cn1c(C(=O)NCCN2CCCC2)cc2sccc21. The number of thiophene rings is 1. The van der Waals surface area contributed by atoms with E-state index in [0.717, 1.165) is 37.4 Å². The number of aromatic nitrogens is 1. The summed E-state index contributed by atoms with van der Waals surface area (Å²) in [6, 6.07) is 12.5. The van der Waals surface area contributed by atoms with Crippen molar-refractivity contribution < 1.29 is 4.79 Å². The zero-order valence-electron chi connectivity index (χ0n) is 15.2. The third-order valence-electron chi connectivity index (χ3n) is 5.26. The first-order valence-electron chi connectivity index (χ1n) is 9.34. The summed E-state index contributed by atoms with van der Waals surface area (Å²) in [6.45, 7) is 6.83. The van der Waals surface area contributed by atoms with Crippen LogP contribution < -0.4 is 5.32 Å². The van der Waals surface area contributed by atoms with Crippen LogP contribution in [-0.2, 0) is 6.54 Å². The topological polar surface area (TPSA) is 37.3 Å². The summed E-state index contributed by atoms with van der Waals surface area (Å²) in [5.74, 6) is 0.0289. The first-order chi connectivity index (χ1) is 12.7. The van der Waals surface area contributed by atoms with Crippen LogP contribution in [0.4, 0.5) is 0 Å². The number of rotatable bonds is 6. The first-order valence-corrected chi connectivity index (χ1v) is 10.2. The van der Waals surface area contributed by atoms with Gasteiger partial charge in [-0.05, 0) is 61.5 Å². The molecule has 2 aromatic heterocycles. The highest BCUT2D eigenvalue weighted by molar-refractivity contribution is 7.17. The number of likely N-dealkylation sites (tertiary alicyclic amines) is 1. The predicted octanol–water partition coefficient (Wildman–Crippen LogP) is 3.89. The van der Waals surface area contributed by atoms with Crippen molar-refractivity contribution in [3.8, 4) is 0 Å². The van der Waals surface area contributed by atoms with E-state index in [-0.39, 0.29) is 5.91 Å². The van der Waals surface area contributed by atoms with Gasteiger partial charge in [0.1, 0.15) is 5.69 Å². The Morgan fingerprint density at radius 2 is 2.00 bits per heavy atom. The summed E-state index contributed by atoms with van der Waals surface area (Å²) < 4.78 is 3.32. The van der Waals surface area contributed by atoms with Gasteiger partial charge in [-0.25, -0.2) is 0 Å². The van der Waals surface area contributed by atoms with Gasteiger partial charge in [0.2, 0.25) is 0 Å². The molecule has 1 amide bonds. The van der Waals surface area contributed by atoms with Gasteiger partial charge in [0.15, 0.2) is 0 Å². The Kier molecular flexibility index (Phi) is 5.09. The molecular formula is C21H25N3OS. The van der Waals surface area contributed by atoms with Crippen LogP contribution in [-0.4, -0.2) is 41.6 Å². The molecule has 0 unspecified atom stereocenters. The van der Waals surface area contributed by atoms with Gasteiger partial charge in [-0.15, -0.1) is 11.3 Å². The number of nitrogens with zero attached hydrogens (tertiary/aromatic N) is 2. The largest absolute Gasteiger partial charge is 0.349 e. The van der Waals surface area contributed by atoms with Gasteiger partial charge < -0.3 is 14.8 Å². The molecule has 1 N–H and O–H groups in total. The van der Waals surface area contributed by atoms with E-state index in [1.165, 1.54) is 28.7 Å². The Hall–Kier alpha value is -2.11. The van der Waals surface area contributed by atoms with Crippen LogP contribution in [0, 0.1) is 6.92 Å². The van der Waals surface area contributed by atoms with Crippen LogP contribution in [0.1, 0.15) is 34.5 Å². The van der Waals surface area contributed by atoms with Crippen LogP contribution >= 0.6 is 11.3 Å². The molecule has 0 bridgehead atoms. The molecular weight excluding hydrogens is 342 g/mol. The monoisotopic (exact) mass is 367 g/mol. The van der Waals surface area contributed by atoms with E-state index in [0.29, 0.717) is 6.54 Å². The molecule has 136 valence electrons. The van der Waals surface area contributed by atoms with Crippen LogP contribution in [0.2, 0.25) is 0 Å². The highest BCUT2D eigenvalue weighted by atomic mass is 32.1. The highest BCUT2D eigenvalue weighted by Gasteiger charge is 2.18. The molecule has 0 aliphatic carbocycles. The first kappa shape index (κ1) is 17.3. The Balaban J connectivity index is 1.53. The van der Waals surface area contributed by atoms with E-state index >= 15 is 0 Å². The molecule has 0 radical (unpaired) electrons. The van der Waals surface area contributed by atoms with Crippen LogP contribution in [0.15, 0.2) is 41.8 Å². The zero-order valence-corrected chi connectivity index (χ0v) is 16.0. The smallest absolute Gasteiger partial charge is 0.268 e. The maximum absolute atomic E-state index is 12.8. The van der Waals surface area contributed by atoms with Crippen LogP contribution in [0.3, 0.4) is 0 Å². The van der Waals surface area contributed by atoms with E-state index in [1.54, 1.807) is 11.3 Å². The van der Waals surface area contributed by atoms with Gasteiger partial charge in [-0.2, -0.15) is 0 Å². The number of hydrogen-bond acceptors (Lipinski definition) is 3. The second kappa shape index (κ2) is 7.64.